The van der Waals surface area contributed by atoms with E-state index in [-0.39, 0.29) is 0 Å². The quantitative estimate of drug-likeness (QED) is 0.763. The van der Waals surface area contributed by atoms with Crippen LogP contribution in [0.1, 0.15) is 33.4 Å². The van der Waals surface area contributed by atoms with Crippen LogP contribution in [0.2, 0.25) is 0 Å². The van der Waals surface area contributed by atoms with Gasteiger partial charge in [0.25, 0.3) is 0 Å². The summed E-state index contributed by atoms with van der Waals surface area (Å²) in [5.41, 5.74) is 1.10. The van der Waals surface area contributed by atoms with Gasteiger partial charge in [0.2, 0.25) is 0 Å². The predicted molar refractivity (Wildman–Crippen MR) is 74.1 cm³/mol. The highest BCUT2D eigenvalue weighted by molar-refractivity contribution is 5.35. The van der Waals surface area contributed by atoms with Crippen LogP contribution in [0.15, 0.2) is 18.2 Å². The van der Waals surface area contributed by atoms with Gasteiger partial charge in [-0.15, -0.1) is 0 Å². The maximum Gasteiger partial charge on any atom is 0.126 e. The van der Waals surface area contributed by atoms with Gasteiger partial charge in [0.1, 0.15) is 5.82 Å². The number of aromatic nitrogens is 1. The van der Waals surface area contributed by atoms with Gasteiger partial charge < -0.3 is 10.6 Å². The lowest BCUT2D eigenvalue weighted by Crippen LogP contribution is -2.20. The largest absolute Gasteiger partial charge is 0.370 e. The number of anilines is 1. The molecule has 0 aliphatic heterocycles. The van der Waals surface area contributed by atoms with Crippen LogP contribution in [-0.4, -0.2) is 18.1 Å². The molecule has 1 rings (SSSR count). The van der Waals surface area contributed by atoms with Gasteiger partial charge in [-0.25, -0.2) is 4.98 Å². The fourth-order valence-corrected chi connectivity index (χ4v) is 1.47. The van der Waals surface area contributed by atoms with E-state index in [0.717, 1.165) is 31.1 Å². The Bertz CT molecular complexity index is 321. The van der Waals surface area contributed by atoms with Crippen molar-refractivity contribution in [3.8, 4) is 0 Å². The van der Waals surface area contributed by atoms with Crippen LogP contribution >= 0.6 is 0 Å². The van der Waals surface area contributed by atoms with Gasteiger partial charge in [-0.3, -0.25) is 0 Å². The zero-order chi connectivity index (χ0) is 12.7. The fourth-order valence-electron chi connectivity index (χ4n) is 1.47. The van der Waals surface area contributed by atoms with Gasteiger partial charge in [-0.05, 0) is 30.5 Å². The molecule has 0 aliphatic carbocycles. The molecule has 0 aromatic carbocycles. The first kappa shape index (κ1) is 14.0. The van der Waals surface area contributed by atoms with Crippen molar-refractivity contribution in [2.45, 2.75) is 34.2 Å². The molecule has 2 N–H and O–H groups in total. The maximum atomic E-state index is 4.57. The molecule has 0 unspecified atom stereocenters. The van der Waals surface area contributed by atoms with Crippen molar-refractivity contribution >= 4 is 5.82 Å². The second kappa shape index (κ2) is 7.28. The van der Waals surface area contributed by atoms with Crippen LogP contribution in [0.3, 0.4) is 0 Å². The van der Waals surface area contributed by atoms with Crippen LogP contribution in [0.4, 0.5) is 5.82 Å². The van der Waals surface area contributed by atoms with E-state index < -0.39 is 0 Å². The standard InChI is InChI=1S/C14H25N3/c1-11(2)8-15-10-13-6-5-7-14(17-13)16-9-12(3)4/h5-7,11-12,15H,8-10H2,1-4H3,(H,16,17). The number of nitrogens with zero attached hydrogens (tertiary/aromatic N) is 1. The molecule has 0 atom stereocenters. The summed E-state index contributed by atoms with van der Waals surface area (Å²) in [6.45, 7) is 11.7. The Morgan fingerprint density at radius 1 is 1.06 bits per heavy atom. The molecule has 0 saturated carbocycles. The SMILES string of the molecule is CC(C)CNCc1cccc(NCC(C)C)n1. The van der Waals surface area contributed by atoms with E-state index in [1.165, 1.54) is 0 Å². The molecule has 0 bridgehead atoms. The molecule has 0 spiro atoms. The fraction of sp³-hybridized carbons (Fsp3) is 0.643. The lowest BCUT2D eigenvalue weighted by Gasteiger charge is -2.10. The highest BCUT2D eigenvalue weighted by Gasteiger charge is 1.99. The Morgan fingerprint density at radius 3 is 2.41 bits per heavy atom. The first-order chi connectivity index (χ1) is 8.08. The molecule has 0 fully saturated rings. The van der Waals surface area contributed by atoms with Crippen LogP contribution in [-0.2, 0) is 6.54 Å². The molecular formula is C14H25N3. The van der Waals surface area contributed by atoms with Gasteiger partial charge in [-0.1, -0.05) is 33.8 Å². The van der Waals surface area contributed by atoms with Crippen LogP contribution in [0.25, 0.3) is 0 Å². The van der Waals surface area contributed by atoms with Gasteiger partial charge in [0, 0.05) is 13.1 Å². The first-order valence-corrected chi connectivity index (χ1v) is 6.48. The summed E-state index contributed by atoms with van der Waals surface area (Å²) in [7, 11) is 0. The van der Waals surface area contributed by atoms with E-state index in [4.69, 9.17) is 0 Å². The molecule has 96 valence electrons. The molecule has 1 aromatic heterocycles. The summed E-state index contributed by atoms with van der Waals surface area (Å²) in [5, 5.41) is 6.75. The minimum atomic E-state index is 0.638. The van der Waals surface area contributed by atoms with E-state index in [0.29, 0.717) is 11.8 Å². The zero-order valence-electron chi connectivity index (χ0n) is 11.5. The maximum absolute atomic E-state index is 4.57. The number of pyridine rings is 1. The summed E-state index contributed by atoms with van der Waals surface area (Å²) in [5.74, 6) is 2.29. The molecule has 0 saturated heterocycles. The van der Waals surface area contributed by atoms with Crippen molar-refractivity contribution in [1.29, 1.82) is 0 Å². The van der Waals surface area contributed by atoms with Crippen molar-refractivity contribution in [3.63, 3.8) is 0 Å². The third-order valence-corrected chi connectivity index (χ3v) is 2.36. The Kier molecular flexibility index (Phi) is 5.98. The monoisotopic (exact) mass is 235 g/mol. The lowest BCUT2D eigenvalue weighted by molar-refractivity contribution is 0.548. The van der Waals surface area contributed by atoms with Crippen molar-refractivity contribution in [1.82, 2.24) is 10.3 Å². The van der Waals surface area contributed by atoms with Gasteiger partial charge in [-0.2, -0.15) is 0 Å². The van der Waals surface area contributed by atoms with Crippen molar-refractivity contribution in [2.24, 2.45) is 11.8 Å². The third-order valence-electron chi connectivity index (χ3n) is 2.36. The minimum Gasteiger partial charge on any atom is -0.370 e. The van der Waals surface area contributed by atoms with E-state index in [1.807, 2.05) is 6.07 Å². The lowest BCUT2D eigenvalue weighted by atomic mass is 10.2. The molecule has 1 aromatic rings. The number of hydrogen-bond acceptors (Lipinski definition) is 3. The molecule has 0 amide bonds. The second-order valence-electron chi connectivity index (χ2n) is 5.31. The molecule has 3 heteroatoms. The number of nitrogens with one attached hydrogen (secondary N) is 2. The van der Waals surface area contributed by atoms with E-state index in [9.17, 15) is 0 Å². The van der Waals surface area contributed by atoms with Crippen molar-refractivity contribution in [2.75, 3.05) is 18.4 Å². The van der Waals surface area contributed by atoms with Gasteiger partial charge >= 0.3 is 0 Å². The zero-order valence-corrected chi connectivity index (χ0v) is 11.5. The Balaban J connectivity index is 2.42. The number of hydrogen-bond donors (Lipinski definition) is 2. The second-order valence-corrected chi connectivity index (χ2v) is 5.31. The van der Waals surface area contributed by atoms with Gasteiger partial charge in [0.05, 0.1) is 5.69 Å². The van der Waals surface area contributed by atoms with Crippen molar-refractivity contribution in [3.05, 3.63) is 23.9 Å². The Hall–Kier alpha value is -1.09. The predicted octanol–water partition coefficient (Wildman–Crippen LogP) is 2.90. The third kappa shape index (κ3) is 6.27. The molecule has 3 nitrogen and oxygen atoms in total. The Labute approximate surface area is 105 Å². The summed E-state index contributed by atoms with van der Waals surface area (Å²) >= 11 is 0. The molecule has 0 radical (unpaired) electrons. The first-order valence-electron chi connectivity index (χ1n) is 6.48. The molecule has 1 heterocycles. The Morgan fingerprint density at radius 2 is 1.76 bits per heavy atom. The average Bonchev–Trinajstić information content (AvgIpc) is 2.26. The van der Waals surface area contributed by atoms with E-state index >= 15 is 0 Å². The highest BCUT2D eigenvalue weighted by Crippen LogP contribution is 2.06. The molecular weight excluding hydrogens is 210 g/mol. The van der Waals surface area contributed by atoms with E-state index in [1.54, 1.807) is 0 Å². The minimum absolute atomic E-state index is 0.638. The average molecular weight is 235 g/mol. The van der Waals surface area contributed by atoms with Crippen LogP contribution in [0, 0.1) is 11.8 Å². The summed E-state index contributed by atoms with van der Waals surface area (Å²) in [6.07, 6.45) is 0. The highest BCUT2D eigenvalue weighted by atomic mass is 15.0. The summed E-state index contributed by atoms with van der Waals surface area (Å²) < 4.78 is 0. The normalized spacial score (nSPS) is 11.2. The summed E-state index contributed by atoms with van der Waals surface area (Å²) in [6, 6.07) is 6.14. The molecule has 0 aliphatic rings. The topological polar surface area (TPSA) is 37.0 Å². The van der Waals surface area contributed by atoms with Crippen LogP contribution in [0.5, 0.6) is 0 Å². The van der Waals surface area contributed by atoms with Gasteiger partial charge in [0.15, 0.2) is 0 Å². The number of rotatable bonds is 7. The van der Waals surface area contributed by atoms with Crippen LogP contribution < -0.4 is 10.6 Å². The summed E-state index contributed by atoms with van der Waals surface area (Å²) in [4.78, 5) is 4.57. The van der Waals surface area contributed by atoms with Crippen molar-refractivity contribution < 1.29 is 0 Å². The molecule has 17 heavy (non-hydrogen) atoms. The smallest absolute Gasteiger partial charge is 0.126 e. The van der Waals surface area contributed by atoms with E-state index in [2.05, 4.69) is 55.4 Å².